The van der Waals surface area contributed by atoms with E-state index in [1.807, 2.05) is 6.92 Å². The average molecular weight is 224 g/mol. The van der Waals surface area contributed by atoms with E-state index in [-0.39, 0.29) is 12.3 Å². The van der Waals surface area contributed by atoms with Crippen LogP contribution in [0.1, 0.15) is 13.3 Å². The van der Waals surface area contributed by atoms with Crippen LogP contribution in [-0.2, 0) is 9.53 Å². The van der Waals surface area contributed by atoms with Crippen LogP contribution in [0.2, 0.25) is 0 Å². The fourth-order valence-corrected chi connectivity index (χ4v) is 1.01. The van der Waals surface area contributed by atoms with Crippen LogP contribution in [-0.4, -0.2) is 19.1 Å². The van der Waals surface area contributed by atoms with E-state index in [9.17, 15) is 9.18 Å². The maximum absolute atomic E-state index is 12.7. The van der Waals surface area contributed by atoms with E-state index in [0.717, 1.165) is 0 Å². The Balaban J connectivity index is 2.44. The van der Waals surface area contributed by atoms with Gasteiger partial charge in [-0.3, -0.25) is 4.79 Å². The molecule has 86 valence electrons. The first kappa shape index (κ1) is 12.4. The molecule has 16 heavy (non-hydrogen) atoms. The molecule has 4 nitrogen and oxygen atoms in total. The van der Waals surface area contributed by atoms with E-state index in [1.165, 1.54) is 18.2 Å². The van der Waals surface area contributed by atoms with Crippen molar-refractivity contribution in [3.63, 3.8) is 0 Å². The molecule has 1 aromatic rings. The van der Waals surface area contributed by atoms with E-state index < -0.39 is 5.82 Å². The lowest BCUT2D eigenvalue weighted by Crippen LogP contribution is -2.00. The lowest BCUT2D eigenvalue weighted by molar-refractivity contribution is -0.119. The molecule has 1 rings (SSSR count). The van der Waals surface area contributed by atoms with E-state index >= 15 is 0 Å². The SMILES string of the molecule is CCOCCC(=O)N=Nc1cccc(F)c1. The first-order valence-corrected chi connectivity index (χ1v) is 5.00. The van der Waals surface area contributed by atoms with Crippen LogP contribution >= 0.6 is 0 Å². The topological polar surface area (TPSA) is 51.0 Å². The molecule has 0 saturated heterocycles. The number of hydrogen-bond donors (Lipinski definition) is 0. The van der Waals surface area contributed by atoms with Gasteiger partial charge in [0.15, 0.2) is 0 Å². The minimum absolute atomic E-state index is 0.187. The van der Waals surface area contributed by atoms with E-state index in [0.29, 0.717) is 18.9 Å². The summed E-state index contributed by atoms with van der Waals surface area (Å²) in [5.41, 5.74) is 0.324. The van der Waals surface area contributed by atoms with Crippen LogP contribution in [0.25, 0.3) is 0 Å². The van der Waals surface area contributed by atoms with Crippen LogP contribution in [0.3, 0.4) is 0 Å². The minimum Gasteiger partial charge on any atom is -0.381 e. The number of hydrogen-bond acceptors (Lipinski definition) is 3. The Bertz CT molecular complexity index is 380. The molecule has 0 unspecified atom stereocenters. The second kappa shape index (κ2) is 6.79. The number of carbonyl (C=O) groups is 1. The van der Waals surface area contributed by atoms with Gasteiger partial charge in [-0.25, -0.2) is 4.39 Å². The van der Waals surface area contributed by atoms with Crippen LogP contribution in [0, 0.1) is 5.82 Å². The van der Waals surface area contributed by atoms with Gasteiger partial charge < -0.3 is 4.74 Å². The fraction of sp³-hybridized carbons (Fsp3) is 0.364. The molecule has 1 amide bonds. The molecule has 0 aliphatic heterocycles. The Morgan fingerprint density at radius 1 is 1.50 bits per heavy atom. The molecule has 5 heteroatoms. The first-order valence-electron chi connectivity index (χ1n) is 5.00. The number of nitrogens with zero attached hydrogens (tertiary/aromatic N) is 2. The number of benzene rings is 1. The summed E-state index contributed by atoms with van der Waals surface area (Å²) in [4.78, 5) is 11.1. The average Bonchev–Trinajstić information content (AvgIpc) is 2.27. The fourth-order valence-electron chi connectivity index (χ4n) is 1.01. The maximum Gasteiger partial charge on any atom is 0.267 e. The van der Waals surface area contributed by atoms with Crippen LogP contribution in [0.4, 0.5) is 10.1 Å². The summed E-state index contributed by atoms with van der Waals surface area (Å²) in [5, 5.41) is 7.07. The van der Waals surface area contributed by atoms with Crippen molar-refractivity contribution in [2.45, 2.75) is 13.3 Å². The molecule has 0 bridgehead atoms. The third-order valence-electron chi connectivity index (χ3n) is 1.75. The normalized spacial score (nSPS) is 10.9. The summed E-state index contributed by atoms with van der Waals surface area (Å²) in [6.07, 6.45) is 0.187. The summed E-state index contributed by atoms with van der Waals surface area (Å²) < 4.78 is 17.7. The van der Waals surface area contributed by atoms with Gasteiger partial charge in [-0.15, -0.1) is 10.2 Å². The molecule has 0 aliphatic rings. The van der Waals surface area contributed by atoms with E-state index in [2.05, 4.69) is 10.2 Å². The Labute approximate surface area is 93.1 Å². The van der Waals surface area contributed by atoms with Crippen LogP contribution in [0.15, 0.2) is 34.5 Å². The number of amides is 1. The van der Waals surface area contributed by atoms with Crippen molar-refractivity contribution in [1.29, 1.82) is 0 Å². The lowest BCUT2D eigenvalue weighted by atomic mass is 10.3. The smallest absolute Gasteiger partial charge is 0.267 e. The summed E-state index contributed by atoms with van der Waals surface area (Å²) in [5.74, 6) is -0.782. The van der Waals surface area contributed by atoms with Gasteiger partial charge in [0.25, 0.3) is 5.91 Å². The van der Waals surface area contributed by atoms with Crippen molar-refractivity contribution in [3.05, 3.63) is 30.1 Å². The highest BCUT2D eigenvalue weighted by molar-refractivity contribution is 5.76. The number of azo groups is 1. The van der Waals surface area contributed by atoms with Gasteiger partial charge in [-0.1, -0.05) is 6.07 Å². The summed E-state index contributed by atoms with van der Waals surface area (Å²) in [6, 6.07) is 5.59. The number of halogens is 1. The Hall–Kier alpha value is -1.62. The number of carbonyl (C=O) groups excluding carboxylic acids is 1. The first-order chi connectivity index (χ1) is 7.72. The molecular formula is C11H13FN2O2. The van der Waals surface area contributed by atoms with Gasteiger partial charge in [-0.05, 0) is 19.1 Å². The summed E-state index contributed by atoms with van der Waals surface area (Å²) in [7, 11) is 0. The molecule has 0 heterocycles. The van der Waals surface area contributed by atoms with E-state index in [1.54, 1.807) is 6.07 Å². The lowest BCUT2D eigenvalue weighted by Gasteiger charge is -1.96. The number of rotatable bonds is 5. The third-order valence-corrected chi connectivity index (χ3v) is 1.75. The largest absolute Gasteiger partial charge is 0.381 e. The summed E-state index contributed by atoms with van der Waals surface area (Å²) >= 11 is 0. The van der Waals surface area contributed by atoms with Crippen molar-refractivity contribution in [3.8, 4) is 0 Å². The van der Waals surface area contributed by atoms with Crippen molar-refractivity contribution in [2.75, 3.05) is 13.2 Å². The predicted molar refractivity (Wildman–Crippen MR) is 57.0 cm³/mol. The van der Waals surface area contributed by atoms with Gasteiger partial charge in [0.1, 0.15) is 5.82 Å². The second-order valence-corrected chi connectivity index (χ2v) is 3.02. The van der Waals surface area contributed by atoms with Crippen molar-refractivity contribution < 1.29 is 13.9 Å². The molecule has 0 fully saturated rings. The summed E-state index contributed by atoms with van der Waals surface area (Å²) in [6.45, 7) is 2.74. The minimum atomic E-state index is -0.404. The van der Waals surface area contributed by atoms with Crippen molar-refractivity contribution >= 4 is 11.6 Å². The molecular weight excluding hydrogens is 211 g/mol. The number of ether oxygens (including phenoxy) is 1. The molecule has 0 atom stereocenters. The predicted octanol–water partition coefficient (Wildman–Crippen LogP) is 2.86. The van der Waals surface area contributed by atoms with Crippen LogP contribution in [0.5, 0.6) is 0 Å². The third kappa shape index (κ3) is 4.75. The van der Waals surface area contributed by atoms with Gasteiger partial charge in [0.05, 0.1) is 18.7 Å². The van der Waals surface area contributed by atoms with Crippen molar-refractivity contribution in [1.82, 2.24) is 0 Å². The molecule has 0 radical (unpaired) electrons. The highest BCUT2D eigenvalue weighted by Crippen LogP contribution is 2.13. The standard InChI is InChI=1S/C11H13FN2O2/c1-2-16-7-6-11(15)14-13-10-5-3-4-9(12)8-10/h3-5,8H,2,6-7H2,1H3. The molecule has 0 spiro atoms. The van der Waals surface area contributed by atoms with Gasteiger partial charge in [0.2, 0.25) is 0 Å². The van der Waals surface area contributed by atoms with Gasteiger partial charge in [-0.2, -0.15) is 0 Å². The molecule has 1 aromatic carbocycles. The highest BCUT2D eigenvalue weighted by Gasteiger charge is 1.99. The molecule has 0 aliphatic carbocycles. The van der Waals surface area contributed by atoms with E-state index in [4.69, 9.17) is 4.74 Å². The van der Waals surface area contributed by atoms with Crippen molar-refractivity contribution in [2.24, 2.45) is 10.2 Å². The quantitative estimate of drug-likeness (QED) is 0.570. The maximum atomic E-state index is 12.7. The Morgan fingerprint density at radius 2 is 2.31 bits per heavy atom. The highest BCUT2D eigenvalue weighted by atomic mass is 19.1. The monoisotopic (exact) mass is 224 g/mol. The molecule has 0 aromatic heterocycles. The second-order valence-electron chi connectivity index (χ2n) is 3.02. The zero-order valence-corrected chi connectivity index (χ0v) is 9.02. The molecule has 0 saturated carbocycles. The Morgan fingerprint density at radius 3 is 3.00 bits per heavy atom. The van der Waals surface area contributed by atoms with Gasteiger partial charge >= 0.3 is 0 Å². The van der Waals surface area contributed by atoms with Gasteiger partial charge in [0, 0.05) is 12.7 Å². The Kier molecular flexibility index (Phi) is 5.28. The zero-order valence-electron chi connectivity index (χ0n) is 9.02. The van der Waals surface area contributed by atoms with Crippen LogP contribution < -0.4 is 0 Å². The zero-order chi connectivity index (χ0) is 11.8. The molecule has 0 N–H and O–H groups in total.